The molecule has 2 N–H and O–H groups in total. The largest absolute Gasteiger partial charge is 0.497 e. The van der Waals surface area contributed by atoms with E-state index in [0.29, 0.717) is 29.5 Å². The van der Waals surface area contributed by atoms with Crippen molar-refractivity contribution in [1.82, 2.24) is 4.72 Å². The molecule has 0 heterocycles. The summed E-state index contributed by atoms with van der Waals surface area (Å²) in [5, 5.41) is 2.77. The Balaban J connectivity index is 1.88. The van der Waals surface area contributed by atoms with Crippen molar-refractivity contribution in [3.8, 4) is 17.2 Å². The number of rotatable bonds is 11. The molecule has 0 aliphatic heterocycles. The Morgan fingerprint density at radius 2 is 1.59 bits per heavy atom. The summed E-state index contributed by atoms with van der Waals surface area (Å²) in [5.74, 6) is 0.961. The number of ether oxygens (including phenoxy) is 3. The van der Waals surface area contributed by atoms with Gasteiger partial charge in [0.05, 0.1) is 31.4 Å². The summed E-state index contributed by atoms with van der Waals surface area (Å²) >= 11 is 0. The predicted octanol–water partition coefficient (Wildman–Crippen LogP) is 3.63. The first kappa shape index (κ1) is 25.1. The predicted molar refractivity (Wildman–Crippen MR) is 130 cm³/mol. The molecule has 8 nitrogen and oxygen atoms in total. The SMILES string of the molecule is CCOc1ccc(S(=O)(=O)N[C@H](Cc2ccccc2)C(=O)Nc2cc(OC)ccc2OC)cc1. The molecule has 0 aliphatic rings. The fourth-order valence-corrected chi connectivity index (χ4v) is 4.50. The van der Waals surface area contributed by atoms with Crippen molar-refractivity contribution in [3.05, 3.63) is 78.4 Å². The van der Waals surface area contributed by atoms with Gasteiger partial charge in [0, 0.05) is 6.07 Å². The van der Waals surface area contributed by atoms with Gasteiger partial charge in [0.2, 0.25) is 15.9 Å². The van der Waals surface area contributed by atoms with Gasteiger partial charge < -0.3 is 19.5 Å². The summed E-state index contributed by atoms with van der Waals surface area (Å²) in [5.41, 5.74) is 1.17. The number of amides is 1. The zero-order valence-corrected chi connectivity index (χ0v) is 20.1. The lowest BCUT2D eigenvalue weighted by molar-refractivity contribution is -0.117. The van der Waals surface area contributed by atoms with E-state index in [9.17, 15) is 13.2 Å². The molecule has 9 heteroatoms. The van der Waals surface area contributed by atoms with Crippen molar-refractivity contribution in [2.45, 2.75) is 24.3 Å². The molecule has 1 atom stereocenters. The van der Waals surface area contributed by atoms with E-state index in [0.717, 1.165) is 5.56 Å². The highest BCUT2D eigenvalue weighted by Crippen LogP contribution is 2.29. The van der Waals surface area contributed by atoms with E-state index in [1.165, 1.54) is 26.4 Å². The number of carbonyl (C=O) groups excluding carboxylic acids is 1. The molecule has 0 fully saturated rings. The van der Waals surface area contributed by atoms with Crippen molar-refractivity contribution >= 4 is 21.6 Å². The number of anilines is 1. The van der Waals surface area contributed by atoms with Gasteiger partial charge in [-0.25, -0.2) is 8.42 Å². The minimum Gasteiger partial charge on any atom is -0.497 e. The number of hydrogen-bond donors (Lipinski definition) is 2. The summed E-state index contributed by atoms with van der Waals surface area (Å²) in [6.07, 6.45) is 0.148. The van der Waals surface area contributed by atoms with Crippen LogP contribution in [0, 0.1) is 0 Å². The third-order valence-electron chi connectivity index (χ3n) is 5.01. The molecule has 34 heavy (non-hydrogen) atoms. The Bertz CT molecular complexity index is 1200. The highest BCUT2D eigenvalue weighted by atomic mass is 32.2. The van der Waals surface area contributed by atoms with Crippen LogP contribution in [0.25, 0.3) is 0 Å². The van der Waals surface area contributed by atoms with Crippen LogP contribution in [0.5, 0.6) is 17.2 Å². The molecule has 0 saturated carbocycles. The molecule has 0 aromatic heterocycles. The van der Waals surface area contributed by atoms with E-state index >= 15 is 0 Å². The molecule has 0 unspecified atom stereocenters. The van der Waals surface area contributed by atoms with Gasteiger partial charge >= 0.3 is 0 Å². The third-order valence-corrected chi connectivity index (χ3v) is 6.49. The van der Waals surface area contributed by atoms with Crippen LogP contribution in [0.3, 0.4) is 0 Å². The Kier molecular flexibility index (Phi) is 8.50. The van der Waals surface area contributed by atoms with E-state index in [-0.39, 0.29) is 11.3 Å². The summed E-state index contributed by atoms with van der Waals surface area (Å²) in [6.45, 7) is 2.31. The summed E-state index contributed by atoms with van der Waals surface area (Å²) in [7, 11) is -1.01. The lowest BCUT2D eigenvalue weighted by atomic mass is 10.1. The van der Waals surface area contributed by atoms with Crippen molar-refractivity contribution in [2.75, 3.05) is 26.1 Å². The number of carbonyl (C=O) groups is 1. The Morgan fingerprint density at radius 3 is 2.21 bits per heavy atom. The molecular formula is C25H28N2O6S. The van der Waals surface area contributed by atoms with Crippen LogP contribution in [0.1, 0.15) is 12.5 Å². The van der Waals surface area contributed by atoms with Crippen molar-refractivity contribution in [3.63, 3.8) is 0 Å². The maximum Gasteiger partial charge on any atom is 0.243 e. The second-order valence-corrected chi connectivity index (χ2v) is 9.04. The summed E-state index contributed by atoms with van der Waals surface area (Å²) in [4.78, 5) is 13.3. The van der Waals surface area contributed by atoms with Gasteiger partial charge in [-0.15, -0.1) is 0 Å². The molecule has 3 rings (SSSR count). The molecule has 0 saturated heterocycles. The minimum absolute atomic E-state index is 0.0285. The standard InChI is InChI=1S/C25H28N2O6S/c1-4-33-19-10-13-21(14-11-19)34(29,30)27-23(16-18-8-6-5-7-9-18)25(28)26-22-17-20(31-2)12-15-24(22)32-3/h5-15,17,23,27H,4,16H2,1-3H3,(H,26,28)/t23-/m1/s1. The quantitative estimate of drug-likeness (QED) is 0.431. The summed E-state index contributed by atoms with van der Waals surface area (Å²) in [6, 6.07) is 19.1. The molecule has 180 valence electrons. The zero-order valence-electron chi connectivity index (χ0n) is 19.3. The number of nitrogens with one attached hydrogen (secondary N) is 2. The third kappa shape index (κ3) is 6.49. The van der Waals surface area contributed by atoms with Gasteiger partial charge in [0.1, 0.15) is 23.3 Å². The number of methoxy groups -OCH3 is 2. The van der Waals surface area contributed by atoms with E-state index in [4.69, 9.17) is 14.2 Å². The van der Waals surface area contributed by atoms with Gasteiger partial charge in [0.25, 0.3) is 0 Å². The topological polar surface area (TPSA) is 103 Å². The van der Waals surface area contributed by atoms with Crippen LogP contribution in [0.4, 0.5) is 5.69 Å². The highest BCUT2D eigenvalue weighted by Gasteiger charge is 2.27. The van der Waals surface area contributed by atoms with E-state index in [1.54, 1.807) is 30.3 Å². The van der Waals surface area contributed by atoms with Crippen LogP contribution in [0.15, 0.2) is 77.7 Å². The Hall–Kier alpha value is -3.56. The molecule has 3 aromatic rings. The summed E-state index contributed by atoms with van der Waals surface area (Å²) < 4.78 is 44.7. The second kappa shape index (κ2) is 11.5. The first-order valence-electron chi connectivity index (χ1n) is 10.7. The van der Waals surface area contributed by atoms with Crippen LogP contribution >= 0.6 is 0 Å². The van der Waals surface area contributed by atoms with Gasteiger partial charge in [0.15, 0.2) is 0 Å². The molecule has 0 aliphatic carbocycles. The maximum absolute atomic E-state index is 13.3. The fourth-order valence-electron chi connectivity index (χ4n) is 3.31. The van der Waals surface area contributed by atoms with Gasteiger partial charge in [-0.3, -0.25) is 4.79 Å². The molecule has 3 aromatic carbocycles. The second-order valence-electron chi connectivity index (χ2n) is 7.32. The Morgan fingerprint density at radius 1 is 0.912 bits per heavy atom. The molecular weight excluding hydrogens is 456 g/mol. The fraction of sp³-hybridized carbons (Fsp3) is 0.240. The lowest BCUT2D eigenvalue weighted by Crippen LogP contribution is -2.45. The van der Waals surface area contributed by atoms with E-state index in [1.807, 2.05) is 37.3 Å². The molecule has 0 spiro atoms. The van der Waals surface area contributed by atoms with Crippen molar-refractivity contribution in [2.24, 2.45) is 0 Å². The molecule has 0 bridgehead atoms. The van der Waals surface area contributed by atoms with Crippen molar-refractivity contribution in [1.29, 1.82) is 0 Å². The van der Waals surface area contributed by atoms with Crippen LogP contribution in [-0.4, -0.2) is 41.2 Å². The first-order chi connectivity index (χ1) is 16.4. The highest BCUT2D eigenvalue weighted by molar-refractivity contribution is 7.89. The van der Waals surface area contributed by atoms with Gasteiger partial charge in [-0.2, -0.15) is 4.72 Å². The van der Waals surface area contributed by atoms with Crippen LogP contribution in [-0.2, 0) is 21.2 Å². The zero-order chi connectivity index (χ0) is 24.6. The van der Waals surface area contributed by atoms with Crippen LogP contribution < -0.4 is 24.2 Å². The van der Waals surface area contributed by atoms with Gasteiger partial charge in [-0.05, 0) is 55.3 Å². The molecule has 1 amide bonds. The smallest absolute Gasteiger partial charge is 0.243 e. The monoisotopic (exact) mass is 484 g/mol. The molecule has 0 radical (unpaired) electrons. The van der Waals surface area contributed by atoms with Crippen molar-refractivity contribution < 1.29 is 27.4 Å². The average molecular weight is 485 g/mol. The Labute approximate surface area is 199 Å². The average Bonchev–Trinajstić information content (AvgIpc) is 2.84. The van der Waals surface area contributed by atoms with E-state index < -0.39 is 22.0 Å². The normalized spacial score (nSPS) is 12.0. The number of sulfonamides is 1. The van der Waals surface area contributed by atoms with Crippen LogP contribution in [0.2, 0.25) is 0 Å². The maximum atomic E-state index is 13.3. The minimum atomic E-state index is -4.00. The number of benzene rings is 3. The van der Waals surface area contributed by atoms with E-state index in [2.05, 4.69) is 10.0 Å². The van der Waals surface area contributed by atoms with Gasteiger partial charge in [-0.1, -0.05) is 30.3 Å². The first-order valence-corrected chi connectivity index (χ1v) is 12.2. The number of hydrogen-bond acceptors (Lipinski definition) is 6. The lowest BCUT2D eigenvalue weighted by Gasteiger charge is -2.20.